The van der Waals surface area contributed by atoms with Gasteiger partial charge in [0.2, 0.25) is 0 Å². The predicted molar refractivity (Wildman–Crippen MR) is 86.5 cm³/mol. The first-order valence-electron chi connectivity index (χ1n) is 7.54. The van der Waals surface area contributed by atoms with Gasteiger partial charge in [0, 0.05) is 5.54 Å². The summed E-state index contributed by atoms with van der Waals surface area (Å²) in [5.41, 5.74) is 7.64. The Hall–Kier alpha value is -1.58. The number of hydrogen-bond acceptors (Lipinski definition) is 2. The van der Waals surface area contributed by atoms with Gasteiger partial charge < -0.3 is 10.5 Å². The van der Waals surface area contributed by atoms with Crippen LogP contribution >= 0.6 is 11.6 Å². The van der Waals surface area contributed by atoms with Crippen molar-refractivity contribution in [3.05, 3.63) is 64.4 Å². The van der Waals surface area contributed by atoms with Crippen molar-refractivity contribution in [2.75, 3.05) is 0 Å². The Labute approximate surface area is 135 Å². The van der Waals surface area contributed by atoms with Gasteiger partial charge in [0.15, 0.2) is 11.6 Å². The predicted octanol–water partition coefficient (Wildman–Crippen LogP) is 4.79. The molecule has 4 heteroatoms. The molecule has 0 aromatic heterocycles. The quantitative estimate of drug-likeness (QED) is 0.879. The van der Waals surface area contributed by atoms with E-state index in [4.69, 9.17) is 22.1 Å². The molecule has 2 nitrogen and oxygen atoms in total. The summed E-state index contributed by atoms with van der Waals surface area (Å²) in [6.45, 7) is 0.282. The van der Waals surface area contributed by atoms with Gasteiger partial charge in [-0.25, -0.2) is 4.39 Å². The third-order valence-electron chi connectivity index (χ3n) is 4.29. The molecule has 22 heavy (non-hydrogen) atoms. The Kier molecular flexibility index (Phi) is 4.37. The highest BCUT2D eigenvalue weighted by molar-refractivity contribution is 6.32. The van der Waals surface area contributed by atoms with Crippen LogP contribution in [0.5, 0.6) is 5.75 Å². The summed E-state index contributed by atoms with van der Waals surface area (Å²) in [5, 5.41) is 0.280. The summed E-state index contributed by atoms with van der Waals surface area (Å²) in [4.78, 5) is 0. The summed E-state index contributed by atoms with van der Waals surface area (Å²) in [7, 11) is 0. The number of halogens is 2. The van der Waals surface area contributed by atoms with Gasteiger partial charge in [0.1, 0.15) is 6.61 Å². The molecule has 2 aromatic rings. The molecule has 1 aliphatic rings. The van der Waals surface area contributed by atoms with E-state index in [2.05, 4.69) is 0 Å². The first-order valence-corrected chi connectivity index (χ1v) is 7.91. The maximum absolute atomic E-state index is 14.4. The minimum Gasteiger partial charge on any atom is -0.484 e. The van der Waals surface area contributed by atoms with Crippen LogP contribution in [0.2, 0.25) is 5.02 Å². The van der Waals surface area contributed by atoms with E-state index >= 15 is 0 Å². The summed E-state index contributed by atoms with van der Waals surface area (Å²) in [6, 6.07) is 12.8. The Balaban J connectivity index is 1.81. The van der Waals surface area contributed by atoms with E-state index in [9.17, 15) is 4.39 Å². The van der Waals surface area contributed by atoms with E-state index in [0.717, 1.165) is 36.8 Å². The molecule has 2 N–H and O–H groups in total. The molecule has 1 fully saturated rings. The van der Waals surface area contributed by atoms with Gasteiger partial charge in [0.25, 0.3) is 0 Å². The van der Waals surface area contributed by atoms with Gasteiger partial charge >= 0.3 is 0 Å². The molecule has 0 aliphatic heterocycles. The average molecular weight is 320 g/mol. The second kappa shape index (κ2) is 6.27. The van der Waals surface area contributed by atoms with Crippen molar-refractivity contribution in [2.24, 2.45) is 5.73 Å². The SMILES string of the molecule is NC1(c2cc(F)c(OCc3ccccc3)c(Cl)c2)CCCC1. The molecule has 3 rings (SSSR count). The molecule has 0 bridgehead atoms. The number of benzene rings is 2. The Morgan fingerprint density at radius 1 is 1.14 bits per heavy atom. The zero-order valence-electron chi connectivity index (χ0n) is 12.3. The molecule has 0 spiro atoms. The fourth-order valence-corrected chi connectivity index (χ4v) is 3.27. The van der Waals surface area contributed by atoms with Gasteiger partial charge in [-0.2, -0.15) is 0 Å². The van der Waals surface area contributed by atoms with E-state index in [-0.39, 0.29) is 17.4 Å². The summed E-state index contributed by atoms with van der Waals surface area (Å²) in [6.07, 6.45) is 3.88. The van der Waals surface area contributed by atoms with Crippen molar-refractivity contribution in [1.29, 1.82) is 0 Å². The maximum Gasteiger partial charge on any atom is 0.174 e. The van der Waals surface area contributed by atoms with E-state index < -0.39 is 11.4 Å². The molecular weight excluding hydrogens is 301 g/mol. The zero-order chi connectivity index (χ0) is 15.6. The van der Waals surface area contributed by atoms with Crippen LogP contribution in [-0.2, 0) is 12.1 Å². The summed E-state index contributed by atoms with van der Waals surface area (Å²) in [5.74, 6) is -0.356. The number of rotatable bonds is 4. The van der Waals surface area contributed by atoms with Crippen molar-refractivity contribution < 1.29 is 9.13 Å². The highest BCUT2D eigenvalue weighted by atomic mass is 35.5. The standard InChI is InChI=1S/C18H19ClFNO/c19-15-10-14(18(21)8-4-5-9-18)11-16(20)17(15)22-12-13-6-2-1-3-7-13/h1-3,6-7,10-11H,4-5,8-9,12,21H2. The van der Waals surface area contributed by atoms with Crippen LogP contribution in [0.3, 0.4) is 0 Å². The monoisotopic (exact) mass is 319 g/mol. The lowest BCUT2D eigenvalue weighted by molar-refractivity contribution is 0.289. The molecule has 0 atom stereocenters. The molecule has 1 saturated carbocycles. The zero-order valence-corrected chi connectivity index (χ0v) is 13.1. The molecule has 1 aliphatic carbocycles. The van der Waals surface area contributed by atoms with Crippen LogP contribution in [0.1, 0.15) is 36.8 Å². The van der Waals surface area contributed by atoms with Crippen LogP contribution in [0.15, 0.2) is 42.5 Å². The number of ether oxygens (including phenoxy) is 1. The van der Waals surface area contributed by atoms with Gasteiger partial charge in [-0.1, -0.05) is 54.8 Å². The van der Waals surface area contributed by atoms with E-state index in [0.29, 0.717) is 0 Å². The Morgan fingerprint density at radius 3 is 2.45 bits per heavy atom. The smallest absolute Gasteiger partial charge is 0.174 e. The van der Waals surface area contributed by atoms with E-state index in [1.54, 1.807) is 6.07 Å². The molecule has 0 heterocycles. The van der Waals surface area contributed by atoms with E-state index in [1.165, 1.54) is 6.07 Å². The fourth-order valence-electron chi connectivity index (χ4n) is 3.01. The van der Waals surface area contributed by atoms with Crippen LogP contribution in [-0.4, -0.2) is 0 Å². The normalized spacial score (nSPS) is 16.7. The average Bonchev–Trinajstić information content (AvgIpc) is 2.95. The second-order valence-electron chi connectivity index (χ2n) is 5.91. The molecule has 2 aromatic carbocycles. The molecule has 116 valence electrons. The van der Waals surface area contributed by atoms with Crippen LogP contribution in [0.25, 0.3) is 0 Å². The largest absolute Gasteiger partial charge is 0.484 e. The number of nitrogens with two attached hydrogens (primary N) is 1. The first kappa shape index (κ1) is 15.3. The minimum atomic E-state index is -0.456. The van der Waals surface area contributed by atoms with Crippen LogP contribution in [0, 0.1) is 5.82 Å². The van der Waals surface area contributed by atoms with Crippen LogP contribution < -0.4 is 10.5 Å². The lowest BCUT2D eigenvalue weighted by Crippen LogP contribution is -2.33. The highest BCUT2D eigenvalue weighted by Gasteiger charge is 2.32. The van der Waals surface area contributed by atoms with Gasteiger partial charge in [0.05, 0.1) is 5.02 Å². The van der Waals surface area contributed by atoms with Crippen molar-refractivity contribution in [1.82, 2.24) is 0 Å². The van der Waals surface area contributed by atoms with Gasteiger partial charge in [-0.15, -0.1) is 0 Å². The summed E-state index contributed by atoms with van der Waals surface area (Å²) < 4.78 is 19.9. The molecular formula is C18H19ClFNO. The van der Waals surface area contributed by atoms with Gasteiger partial charge in [-0.05, 0) is 36.1 Å². The van der Waals surface area contributed by atoms with Crippen molar-refractivity contribution >= 4 is 11.6 Å². The third kappa shape index (κ3) is 3.11. The number of hydrogen-bond donors (Lipinski definition) is 1. The lowest BCUT2D eigenvalue weighted by atomic mass is 9.89. The molecule has 0 radical (unpaired) electrons. The van der Waals surface area contributed by atoms with Crippen molar-refractivity contribution in [3.63, 3.8) is 0 Å². The van der Waals surface area contributed by atoms with Gasteiger partial charge in [-0.3, -0.25) is 0 Å². The van der Waals surface area contributed by atoms with Crippen molar-refractivity contribution in [3.8, 4) is 5.75 Å². The Bertz CT molecular complexity index is 630. The third-order valence-corrected chi connectivity index (χ3v) is 4.58. The topological polar surface area (TPSA) is 35.2 Å². The minimum absolute atomic E-state index is 0.0934. The fraction of sp³-hybridized carbons (Fsp3) is 0.333. The van der Waals surface area contributed by atoms with Crippen molar-refractivity contribution in [2.45, 2.75) is 37.8 Å². The van der Waals surface area contributed by atoms with Crippen LogP contribution in [0.4, 0.5) is 4.39 Å². The first-order chi connectivity index (χ1) is 10.6. The lowest BCUT2D eigenvalue weighted by Gasteiger charge is -2.25. The van der Waals surface area contributed by atoms with E-state index in [1.807, 2.05) is 30.3 Å². The molecule has 0 saturated heterocycles. The summed E-state index contributed by atoms with van der Waals surface area (Å²) >= 11 is 6.22. The maximum atomic E-state index is 14.4. The molecule has 0 amide bonds. The Morgan fingerprint density at radius 2 is 1.82 bits per heavy atom. The molecule has 0 unspecified atom stereocenters. The highest BCUT2D eigenvalue weighted by Crippen LogP contribution is 2.40. The second-order valence-corrected chi connectivity index (χ2v) is 6.31.